The van der Waals surface area contributed by atoms with Crippen LogP contribution in [0.4, 0.5) is 0 Å². The minimum Gasteiger partial charge on any atom is -0.379 e. The molecule has 0 aromatic heterocycles. The van der Waals surface area contributed by atoms with Gasteiger partial charge in [0.1, 0.15) is 12.1 Å². The number of aryl methyl sites for hydroxylation is 1. The zero-order valence-corrected chi connectivity index (χ0v) is 19.7. The summed E-state index contributed by atoms with van der Waals surface area (Å²) in [6, 6.07) is 5.31. The quantitative estimate of drug-likeness (QED) is 0.520. The lowest BCUT2D eigenvalue weighted by atomic mass is 10.2. The van der Waals surface area contributed by atoms with Crippen molar-refractivity contribution in [2.24, 2.45) is 0 Å². The van der Waals surface area contributed by atoms with Gasteiger partial charge in [-0.1, -0.05) is 23.7 Å². The van der Waals surface area contributed by atoms with Crippen molar-refractivity contribution in [1.82, 2.24) is 14.5 Å². The van der Waals surface area contributed by atoms with Crippen LogP contribution in [0.3, 0.4) is 0 Å². The fraction of sp³-hybridized carbons (Fsp3) is 0.619. The second-order valence-electron chi connectivity index (χ2n) is 7.80. The number of benzene rings is 1. The molecule has 2 aliphatic heterocycles. The molecule has 2 heterocycles. The molecule has 2 aliphatic rings. The van der Waals surface area contributed by atoms with Crippen molar-refractivity contribution in [1.29, 1.82) is 0 Å². The van der Waals surface area contributed by atoms with Gasteiger partial charge in [-0.25, -0.2) is 13.1 Å². The number of sulfonamides is 1. The first-order chi connectivity index (χ1) is 15.3. The molecule has 0 bridgehead atoms. The number of nitrogens with zero attached hydrogens (tertiary/aromatic N) is 2. The van der Waals surface area contributed by atoms with Crippen LogP contribution in [0, 0.1) is 0 Å². The van der Waals surface area contributed by atoms with Crippen molar-refractivity contribution in [3.05, 3.63) is 34.9 Å². The van der Waals surface area contributed by atoms with E-state index in [9.17, 15) is 18.0 Å². The molecule has 1 N–H and O–H groups in total. The molecule has 3 rings (SSSR count). The summed E-state index contributed by atoms with van der Waals surface area (Å²) < 4.78 is 38.5. The Balaban J connectivity index is 1.61. The highest BCUT2D eigenvalue weighted by Gasteiger charge is 2.41. The molecule has 32 heavy (non-hydrogen) atoms. The number of hydrogen-bond donors (Lipinski definition) is 1. The molecule has 2 saturated heterocycles. The molecule has 11 heteroatoms. The summed E-state index contributed by atoms with van der Waals surface area (Å²) in [4.78, 5) is 29.2. The lowest BCUT2D eigenvalue weighted by Gasteiger charge is -2.34. The first-order valence-electron chi connectivity index (χ1n) is 10.8. The van der Waals surface area contributed by atoms with Crippen LogP contribution in [0.1, 0.15) is 18.9 Å². The molecular weight excluding hydrogens is 458 g/mol. The first-order valence-corrected chi connectivity index (χ1v) is 12.8. The van der Waals surface area contributed by atoms with Crippen molar-refractivity contribution < 1.29 is 27.5 Å². The van der Waals surface area contributed by atoms with Gasteiger partial charge in [-0.3, -0.25) is 9.59 Å². The van der Waals surface area contributed by atoms with Crippen LogP contribution in [0.15, 0.2) is 24.3 Å². The number of carbonyl (C=O) groups excluding carboxylic acids is 2. The highest BCUT2D eigenvalue weighted by molar-refractivity contribution is 7.89. The molecule has 0 spiro atoms. The van der Waals surface area contributed by atoms with E-state index < -0.39 is 28.0 Å². The summed E-state index contributed by atoms with van der Waals surface area (Å²) >= 11 is 5.86. The molecule has 1 aromatic carbocycles. The lowest BCUT2D eigenvalue weighted by molar-refractivity contribution is -0.149. The summed E-state index contributed by atoms with van der Waals surface area (Å²) in [7, 11) is -3.69. The zero-order valence-electron chi connectivity index (χ0n) is 18.2. The Bertz CT molecular complexity index is 889. The van der Waals surface area contributed by atoms with Crippen LogP contribution in [-0.2, 0) is 35.5 Å². The Morgan fingerprint density at radius 3 is 2.59 bits per heavy atom. The van der Waals surface area contributed by atoms with E-state index >= 15 is 0 Å². The molecule has 2 atom stereocenters. The van der Waals surface area contributed by atoms with Crippen LogP contribution in [0.5, 0.6) is 0 Å². The molecule has 2 fully saturated rings. The Morgan fingerprint density at radius 1 is 1.25 bits per heavy atom. The maximum atomic E-state index is 13.1. The van der Waals surface area contributed by atoms with Crippen molar-refractivity contribution in [3.63, 3.8) is 0 Å². The average molecular weight is 488 g/mol. The highest BCUT2D eigenvalue weighted by atomic mass is 35.5. The smallest absolute Gasteiger partial charge is 0.247 e. The zero-order chi connectivity index (χ0) is 23.1. The van der Waals surface area contributed by atoms with Crippen LogP contribution in [-0.4, -0.2) is 93.9 Å². The summed E-state index contributed by atoms with van der Waals surface area (Å²) in [6.07, 6.45) is 0.609. The highest BCUT2D eigenvalue weighted by Crippen LogP contribution is 2.19. The maximum absolute atomic E-state index is 13.1. The van der Waals surface area contributed by atoms with Gasteiger partial charge < -0.3 is 19.3 Å². The molecule has 1 aromatic rings. The van der Waals surface area contributed by atoms with E-state index in [4.69, 9.17) is 21.1 Å². The third kappa shape index (κ3) is 6.64. The second kappa shape index (κ2) is 11.4. The van der Waals surface area contributed by atoms with Gasteiger partial charge in [0.25, 0.3) is 0 Å². The fourth-order valence-electron chi connectivity index (χ4n) is 3.82. The number of halogens is 1. The van der Waals surface area contributed by atoms with E-state index in [1.165, 1.54) is 4.90 Å². The number of likely N-dealkylation sites (tertiary alicyclic amines) is 1. The fourth-order valence-corrected chi connectivity index (χ4v) is 5.22. The third-order valence-electron chi connectivity index (χ3n) is 5.60. The normalized spacial score (nSPS) is 20.6. The van der Waals surface area contributed by atoms with Gasteiger partial charge in [0.2, 0.25) is 21.8 Å². The minimum atomic E-state index is -3.69. The summed E-state index contributed by atoms with van der Waals surface area (Å²) in [5.74, 6) is -0.735. The van der Waals surface area contributed by atoms with E-state index in [0.29, 0.717) is 50.8 Å². The Morgan fingerprint density at radius 2 is 1.94 bits per heavy atom. The number of hydrogen-bond acceptors (Lipinski definition) is 6. The second-order valence-corrected chi connectivity index (χ2v) is 10.1. The number of morpholine rings is 1. The summed E-state index contributed by atoms with van der Waals surface area (Å²) in [5.41, 5.74) is 0.840. The number of ether oxygens (including phenoxy) is 2. The number of carbonyl (C=O) groups is 2. The molecule has 178 valence electrons. The molecule has 1 unspecified atom stereocenters. The predicted octanol–water partition coefficient (Wildman–Crippen LogP) is 0.667. The van der Waals surface area contributed by atoms with E-state index in [-0.39, 0.29) is 24.8 Å². The van der Waals surface area contributed by atoms with Crippen molar-refractivity contribution >= 4 is 33.4 Å². The monoisotopic (exact) mass is 487 g/mol. The van der Waals surface area contributed by atoms with E-state index in [2.05, 4.69) is 4.72 Å². The van der Waals surface area contributed by atoms with E-state index in [1.54, 1.807) is 29.2 Å². The first kappa shape index (κ1) is 24.9. The summed E-state index contributed by atoms with van der Waals surface area (Å²) in [5, 5.41) is 0.583. The van der Waals surface area contributed by atoms with E-state index in [1.807, 2.05) is 6.92 Å². The maximum Gasteiger partial charge on any atom is 0.247 e. The Kier molecular flexibility index (Phi) is 8.89. The van der Waals surface area contributed by atoms with Crippen LogP contribution < -0.4 is 4.72 Å². The van der Waals surface area contributed by atoms with Crippen molar-refractivity contribution in [2.75, 3.05) is 51.8 Å². The topological polar surface area (TPSA) is 105 Å². The number of amides is 2. The van der Waals surface area contributed by atoms with Crippen LogP contribution >= 0.6 is 11.6 Å². The number of rotatable bonds is 10. The molecule has 9 nitrogen and oxygen atoms in total. The van der Waals surface area contributed by atoms with Gasteiger partial charge in [-0.05, 0) is 37.5 Å². The SMILES string of the molecule is CCOC[C@@H](C(=O)N1CCOCC1)N1CCC(NS(=O)(=O)CCc2ccc(Cl)cc2)C1=O. The van der Waals surface area contributed by atoms with Gasteiger partial charge in [0.15, 0.2) is 0 Å². The average Bonchev–Trinajstić information content (AvgIpc) is 3.13. The number of nitrogens with one attached hydrogen (secondary N) is 1. The largest absolute Gasteiger partial charge is 0.379 e. The van der Waals surface area contributed by atoms with Crippen LogP contribution in [0.2, 0.25) is 5.02 Å². The van der Waals surface area contributed by atoms with Crippen molar-refractivity contribution in [2.45, 2.75) is 31.8 Å². The lowest BCUT2D eigenvalue weighted by Crippen LogP contribution is -2.55. The molecular formula is C21H30ClN3O6S. The minimum absolute atomic E-state index is 0.0778. The van der Waals surface area contributed by atoms with E-state index in [0.717, 1.165) is 5.56 Å². The standard InChI is InChI=1S/C21H30ClN3O6S/c1-2-30-15-19(21(27)24-10-12-31-13-11-24)25-9-7-18(20(25)26)23-32(28,29)14-8-16-3-5-17(22)6-4-16/h3-6,18-19,23H,2,7-15H2,1H3/t18?,19-/m0/s1. The Hall–Kier alpha value is -1.72. The molecule has 2 amide bonds. The van der Waals surface area contributed by atoms with Gasteiger partial charge in [0, 0.05) is 31.3 Å². The van der Waals surface area contributed by atoms with Gasteiger partial charge in [-0.15, -0.1) is 0 Å². The van der Waals surface area contributed by atoms with Gasteiger partial charge in [0.05, 0.1) is 25.6 Å². The molecule has 0 aliphatic carbocycles. The predicted molar refractivity (Wildman–Crippen MR) is 120 cm³/mol. The molecule has 0 radical (unpaired) electrons. The van der Waals surface area contributed by atoms with Crippen molar-refractivity contribution in [3.8, 4) is 0 Å². The van der Waals surface area contributed by atoms with Gasteiger partial charge in [-0.2, -0.15) is 0 Å². The third-order valence-corrected chi connectivity index (χ3v) is 7.24. The molecule has 0 saturated carbocycles. The van der Waals surface area contributed by atoms with Gasteiger partial charge >= 0.3 is 0 Å². The van der Waals surface area contributed by atoms with Crippen LogP contribution in [0.25, 0.3) is 0 Å². The Labute approximate surface area is 194 Å². The summed E-state index contributed by atoms with van der Waals surface area (Å²) in [6.45, 7) is 4.43.